The molecule has 0 spiro atoms. The van der Waals surface area contributed by atoms with E-state index in [9.17, 15) is 4.79 Å². The van der Waals surface area contributed by atoms with E-state index < -0.39 is 0 Å². The summed E-state index contributed by atoms with van der Waals surface area (Å²) >= 11 is 0. The molecule has 1 aliphatic heterocycles. The molecule has 0 aliphatic carbocycles. The molecule has 0 bridgehead atoms. The summed E-state index contributed by atoms with van der Waals surface area (Å²) in [6.07, 6.45) is 6.23. The number of amides is 1. The van der Waals surface area contributed by atoms with E-state index in [0.717, 1.165) is 38.0 Å². The van der Waals surface area contributed by atoms with Gasteiger partial charge in [-0.1, -0.05) is 25.5 Å². The minimum atomic E-state index is 0.124. The Morgan fingerprint density at radius 2 is 2.15 bits per heavy atom. The molecule has 1 saturated heterocycles. The molecule has 1 atom stereocenters. The zero-order valence-electron chi connectivity index (χ0n) is 12.4. The predicted molar refractivity (Wildman–Crippen MR) is 82.9 cm³/mol. The number of hydrogen-bond donors (Lipinski definition) is 1. The molecule has 3 heteroatoms. The van der Waals surface area contributed by atoms with Crippen molar-refractivity contribution in [2.24, 2.45) is 5.92 Å². The van der Waals surface area contributed by atoms with Crippen LogP contribution in [0, 0.1) is 5.92 Å². The monoisotopic (exact) mass is 273 g/mol. The molecule has 1 heterocycles. The van der Waals surface area contributed by atoms with Crippen molar-refractivity contribution in [3.8, 4) is 0 Å². The van der Waals surface area contributed by atoms with E-state index in [2.05, 4.69) is 29.7 Å². The van der Waals surface area contributed by atoms with Gasteiger partial charge in [0.05, 0.1) is 0 Å². The third-order valence-corrected chi connectivity index (χ3v) is 3.87. The molecule has 1 aromatic carbocycles. The van der Waals surface area contributed by atoms with Gasteiger partial charge in [0.2, 0.25) is 5.91 Å². The number of nitrogens with one attached hydrogen (secondary N) is 1. The zero-order valence-corrected chi connectivity index (χ0v) is 12.4. The molecule has 1 unspecified atom stereocenters. The van der Waals surface area contributed by atoms with E-state index in [1.807, 2.05) is 12.1 Å². The van der Waals surface area contributed by atoms with Crippen LogP contribution in [0.25, 0.3) is 0 Å². The number of anilines is 1. The van der Waals surface area contributed by atoms with Gasteiger partial charge in [0.15, 0.2) is 0 Å². The fourth-order valence-corrected chi connectivity index (χ4v) is 2.69. The van der Waals surface area contributed by atoms with Crippen LogP contribution in [-0.2, 0) is 11.2 Å². The van der Waals surface area contributed by atoms with Crippen LogP contribution in [0.5, 0.6) is 0 Å². The number of carbonyl (C=O) groups is 1. The smallest absolute Gasteiger partial charge is 0.224 e. The lowest BCUT2D eigenvalue weighted by molar-refractivity contribution is -0.116. The molecule has 1 N–H and O–H groups in total. The molecule has 3 nitrogen and oxygen atoms in total. The number of aryl methyl sites for hydroxylation is 1. The second-order valence-corrected chi connectivity index (χ2v) is 5.67. The Morgan fingerprint density at radius 3 is 2.80 bits per heavy atom. The van der Waals surface area contributed by atoms with E-state index in [1.54, 1.807) is 0 Å². The maximum atomic E-state index is 11.9. The highest BCUT2D eigenvalue weighted by Crippen LogP contribution is 2.17. The number of piperidine rings is 1. The van der Waals surface area contributed by atoms with Gasteiger partial charge in [-0.05, 0) is 49.3 Å². The molecule has 1 amide bonds. The molecule has 1 fully saturated rings. The van der Waals surface area contributed by atoms with Crippen molar-refractivity contribution < 1.29 is 4.79 Å². The average molecular weight is 273 g/mol. The van der Waals surface area contributed by atoms with Crippen molar-refractivity contribution in [1.82, 2.24) is 5.32 Å². The summed E-state index contributed by atoms with van der Waals surface area (Å²) in [5.41, 5.74) is 2.23. The fourth-order valence-electron chi connectivity index (χ4n) is 2.69. The van der Waals surface area contributed by atoms with Crippen molar-refractivity contribution in [3.05, 3.63) is 29.8 Å². The van der Waals surface area contributed by atoms with Crippen molar-refractivity contribution >= 4 is 11.6 Å². The van der Waals surface area contributed by atoms with Crippen molar-refractivity contribution in [3.63, 3.8) is 0 Å². The lowest BCUT2D eigenvalue weighted by atomic mass is 9.94. The van der Waals surface area contributed by atoms with Gasteiger partial charge in [0.1, 0.15) is 0 Å². The van der Waals surface area contributed by atoms with Crippen molar-refractivity contribution in [2.75, 3.05) is 18.4 Å². The van der Waals surface area contributed by atoms with Gasteiger partial charge < -0.3 is 5.32 Å². The third kappa shape index (κ3) is 4.97. The number of carbonyl (C=O) groups excluding carboxylic acids is 1. The SMILES string of the molecule is CCCc1ccc(NC(=O)CCC2CCC[N]C2)cc1. The van der Waals surface area contributed by atoms with Crippen LogP contribution in [0.1, 0.15) is 44.6 Å². The molecule has 20 heavy (non-hydrogen) atoms. The summed E-state index contributed by atoms with van der Waals surface area (Å²) in [5.74, 6) is 0.736. The van der Waals surface area contributed by atoms with Crippen LogP contribution in [0.3, 0.4) is 0 Å². The molecule has 0 saturated carbocycles. The summed E-state index contributed by atoms with van der Waals surface area (Å²) in [6.45, 7) is 4.12. The van der Waals surface area contributed by atoms with E-state index in [4.69, 9.17) is 0 Å². The zero-order chi connectivity index (χ0) is 14.2. The van der Waals surface area contributed by atoms with Crippen LogP contribution in [0.4, 0.5) is 5.69 Å². The predicted octanol–water partition coefficient (Wildman–Crippen LogP) is 3.37. The lowest BCUT2D eigenvalue weighted by Gasteiger charge is -2.20. The first kappa shape index (κ1) is 15.0. The highest BCUT2D eigenvalue weighted by molar-refractivity contribution is 5.90. The summed E-state index contributed by atoms with van der Waals surface area (Å²) in [7, 11) is 0. The first-order valence-electron chi connectivity index (χ1n) is 7.80. The molecular weight excluding hydrogens is 248 g/mol. The molecule has 2 rings (SSSR count). The maximum absolute atomic E-state index is 11.9. The minimum Gasteiger partial charge on any atom is -0.326 e. The van der Waals surface area contributed by atoms with Gasteiger partial charge in [-0.15, -0.1) is 0 Å². The standard InChI is InChI=1S/C17H25N2O/c1-2-4-14-6-9-16(10-7-14)19-17(20)11-8-15-5-3-12-18-13-15/h6-7,9-10,15H,2-5,8,11-13H2,1H3,(H,19,20). The number of rotatable bonds is 6. The van der Waals surface area contributed by atoms with Gasteiger partial charge >= 0.3 is 0 Å². The molecule has 0 aromatic heterocycles. The highest BCUT2D eigenvalue weighted by Gasteiger charge is 2.15. The van der Waals surface area contributed by atoms with Gasteiger partial charge in [-0.3, -0.25) is 4.79 Å². The van der Waals surface area contributed by atoms with Crippen LogP contribution in [0.2, 0.25) is 0 Å². The van der Waals surface area contributed by atoms with Crippen LogP contribution in [0.15, 0.2) is 24.3 Å². The van der Waals surface area contributed by atoms with Gasteiger partial charge in [-0.25, -0.2) is 5.32 Å². The van der Waals surface area contributed by atoms with E-state index in [-0.39, 0.29) is 5.91 Å². The third-order valence-electron chi connectivity index (χ3n) is 3.87. The van der Waals surface area contributed by atoms with Gasteiger partial charge in [0.25, 0.3) is 0 Å². The van der Waals surface area contributed by atoms with Crippen molar-refractivity contribution in [2.45, 2.75) is 45.4 Å². The van der Waals surface area contributed by atoms with Crippen LogP contribution < -0.4 is 10.6 Å². The largest absolute Gasteiger partial charge is 0.326 e. The summed E-state index contributed by atoms with van der Waals surface area (Å²) < 4.78 is 0. The minimum absolute atomic E-state index is 0.124. The van der Waals surface area contributed by atoms with E-state index in [0.29, 0.717) is 12.3 Å². The topological polar surface area (TPSA) is 43.2 Å². The maximum Gasteiger partial charge on any atom is 0.224 e. The Balaban J connectivity index is 1.73. The Morgan fingerprint density at radius 1 is 1.35 bits per heavy atom. The lowest BCUT2D eigenvalue weighted by Crippen LogP contribution is -2.25. The summed E-state index contributed by atoms with van der Waals surface area (Å²) in [4.78, 5) is 11.9. The van der Waals surface area contributed by atoms with Crippen LogP contribution in [-0.4, -0.2) is 19.0 Å². The second-order valence-electron chi connectivity index (χ2n) is 5.67. The summed E-state index contributed by atoms with van der Waals surface area (Å²) in [5, 5.41) is 7.40. The number of hydrogen-bond acceptors (Lipinski definition) is 1. The molecule has 1 aromatic rings. The number of nitrogens with zero attached hydrogens (tertiary/aromatic N) is 1. The molecule has 109 valence electrons. The Labute approximate surface area is 122 Å². The first-order chi connectivity index (χ1) is 9.78. The molecule has 1 aliphatic rings. The fraction of sp³-hybridized carbons (Fsp3) is 0.588. The van der Waals surface area contributed by atoms with E-state index >= 15 is 0 Å². The van der Waals surface area contributed by atoms with Crippen LogP contribution >= 0.6 is 0 Å². The number of benzene rings is 1. The quantitative estimate of drug-likeness (QED) is 0.848. The summed E-state index contributed by atoms with van der Waals surface area (Å²) in [6, 6.07) is 8.19. The van der Waals surface area contributed by atoms with Gasteiger partial charge in [-0.2, -0.15) is 0 Å². The van der Waals surface area contributed by atoms with Crippen molar-refractivity contribution in [1.29, 1.82) is 0 Å². The van der Waals surface area contributed by atoms with E-state index in [1.165, 1.54) is 18.4 Å². The first-order valence-corrected chi connectivity index (χ1v) is 7.80. The molecular formula is C17H25N2O. The molecule has 1 radical (unpaired) electrons. The Bertz CT molecular complexity index is 408. The Hall–Kier alpha value is -1.35. The Kier molecular flexibility index (Phi) is 6.06. The average Bonchev–Trinajstić information content (AvgIpc) is 2.49. The van der Waals surface area contributed by atoms with Gasteiger partial charge in [0, 0.05) is 25.2 Å². The highest BCUT2D eigenvalue weighted by atomic mass is 16.1. The second kappa shape index (κ2) is 8.05. The normalized spacial score (nSPS) is 18.8.